The van der Waals surface area contributed by atoms with Crippen LogP contribution in [0.3, 0.4) is 0 Å². The topological polar surface area (TPSA) is 24.4 Å². The Bertz CT molecular complexity index is 222. The molecule has 0 aromatic rings. The Hall–Kier alpha value is -0.370. The van der Waals surface area contributed by atoms with Crippen molar-refractivity contribution in [1.29, 1.82) is 0 Å². The molecular weight excluding hydrogens is 172 g/mol. The van der Waals surface area contributed by atoms with Crippen molar-refractivity contribution >= 4 is 5.71 Å². The normalized spacial score (nSPS) is 39.3. The molecule has 3 unspecified atom stereocenters. The molecule has 0 amide bonds. The van der Waals surface area contributed by atoms with Crippen LogP contribution in [0.2, 0.25) is 0 Å². The zero-order chi connectivity index (χ0) is 9.97. The third-order valence-corrected chi connectivity index (χ3v) is 3.56. The lowest BCUT2D eigenvalue weighted by Gasteiger charge is -2.32. The van der Waals surface area contributed by atoms with Crippen LogP contribution in [-0.4, -0.2) is 24.8 Å². The summed E-state index contributed by atoms with van der Waals surface area (Å²) in [6.45, 7) is 6.95. The van der Waals surface area contributed by atoms with Crippen molar-refractivity contribution in [2.24, 2.45) is 16.8 Å². The SMILES string of the molecule is CC1CCN=C(C2CC(C)CCN2)C1. The van der Waals surface area contributed by atoms with Crippen molar-refractivity contribution in [2.75, 3.05) is 13.1 Å². The Kier molecular flexibility index (Phi) is 3.22. The van der Waals surface area contributed by atoms with Gasteiger partial charge in [-0.15, -0.1) is 0 Å². The number of nitrogens with one attached hydrogen (secondary N) is 1. The van der Waals surface area contributed by atoms with E-state index in [1.54, 1.807) is 0 Å². The molecule has 1 fully saturated rings. The van der Waals surface area contributed by atoms with Crippen LogP contribution >= 0.6 is 0 Å². The second-order valence-corrected chi connectivity index (χ2v) is 5.11. The molecule has 0 saturated carbocycles. The zero-order valence-electron chi connectivity index (χ0n) is 9.42. The maximum atomic E-state index is 4.69. The summed E-state index contributed by atoms with van der Waals surface area (Å²) in [4.78, 5) is 4.69. The van der Waals surface area contributed by atoms with Gasteiger partial charge >= 0.3 is 0 Å². The number of rotatable bonds is 1. The summed E-state index contributed by atoms with van der Waals surface area (Å²) < 4.78 is 0. The quantitative estimate of drug-likeness (QED) is 0.680. The Morgan fingerprint density at radius 2 is 2.07 bits per heavy atom. The van der Waals surface area contributed by atoms with Gasteiger partial charge in [-0.2, -0.15) is 0 Å². The molecule has 2 heterocycles. The van der Waals surface area contributed by atoms with E-state index in [2.05, 4.69) is 19.2 Å². The maximum absolute atomic E-state index is 4.69. The lowest BCUT2D eigenvalue weighted by molar-refractivity contribution is 0.360. The molecule has 80 valence electrons. The first-order valence-corrected chi connectivity index (χ1v) is 6.02. The van der Waals surface area contributed by atoms with Crippen molar-refractivity contribution in [3.05, 3.63) is 0 Å². The molecule has 1 N–H and O–H groups in total. The van der Waals surface area contributed by atoms with Crippen LogP contribution in [0.25, 0.3) is 0 Å². The van der Waals surface area contributed by atoms with E-state index in [0.717, 1.165) is 18.4 Å². The van der Waals surface area contributed by atoms with Crippen molar-refractivity contribution < 1.29 is 0 Å². The highest BCUT2D eigenvalue weighted by molar-refractivity contribution is 5.90. The van der Waals surface area contributed by atoms with E-state index < -0.39 is 0 Å². The lowest BCUT2D eigenvalue weighted by Crippen LogP contribution is -2.44. The van der Waals surface area contributed by atoms with Crippen LogP contribution in [0.1, 0.15) is 39.5 Å². The number of hydrogen-bond donors (Lipinski definition) is 1. The molecule has 3 atom stereocenters. The summed E-state index contributed by atoms with van der Waals surface area (Å²) in [5, 5.41) is 3.61. The van der Waals surface area contributed by atoms with Gasteiger partial charge in [-0.3, -0.25) is 4.99 Å². The van der Waals surface area contributed by atoms with Gasteiger partial charge in [0.2, 0.25) is 0 Å². The summed E-state index contributed by atoms with van der Waals surface area (Å²) in [5.41, 5.74) is 1.45. The van der Waals surface area contributed by atoms with Gasteiger partial charge in [0.15, 0.2) is 0 Å². The summed E-state index contributed by atoms with van der Waals surface area (Å²) in [7, 11) is 0. The molecule has 2 rings (SSSR count). The molecule has 2 heteroatoms. The summed E-state index contributed by atoms with van der Waals surface area (Å²) >= 11 is 0. The van der Waals surface area contributed by atoms with Gasteiger partial charge in [0.1, 0.15) is 0 Å². The van der Waals surface area contributed by atoms with Crippen LogP contribution in [0.4, 0.5) is 0 Å². The number of hydrogen-bond acceptors (Lipinski definition) is 2. The largest absolute Gasteiger partial charge is 0.309 e. The highest BCUT2D eigenvalue weighted by atomic mass is 15.0. The minimum absolute atomic E-state index is 0.599. The summed E-state index contributed by atoms with van der Waals surface area (Å²) in [5.74, 6) is 1.72. The summed E-state index contributed by atoms with van der Waals surface area (Å²) in [6.07, 6.45) is 5.14. The molecule has 14 heavy (non-hydrogen) atoms. The van der Waals surface area contributed by atoms with E-state index >= 15 is 0 Å². The Morgan fingerprint density at radius 1 is 1.21 bits per heavy atom. The standard InChI is InChI=1S/C12H22N2/c1-9-3-5-13-11(7-9)12-8-10(2)4-6-14-12/h9-11,13H,3-8H2,1-2H3. The number of nitrogens with zero attached hydrogens (tertiary/aromatic N) is 1. The van der Waals surface area contributed by atoms with Crippen molar-refractivity contribution in [3.63, 3.8) is 0 Å². The molecule has 0 aromatic heterocycles. The minimum atomic E-state index is 0.599. The first-order valence-electron chi connectivity index (χ1n) is 6.02. The molecule has 2 aliphatic rings. The Balaban J connectivity index is 1.96. The molecule has 2 nitrogen and oxygen atoms in total. The van der Waals surface area contributed by atoms with Crippen molar-refractivity contribution in [1.82, 2.24) is 5.32 Å². The van der Waals surface area contributed by atoms with Gasteiger partial charge in [-0.05, 0) is 44.1 Å². The van der Waals surface area contributed by atoms with E-state index in [4.69, 9.17) is 4.99 Å². The van der Waals surface area contributed by atoms with Crippen LogP contribution in [-0.2, 0) is 0 Å². The van der Waals surface area contributed by atoms with E-state index in [-0.39, 0.29) is 0 Å². The molecule has 0 aromatic carbocycles. The second kappa shape index (κ2) is 4.43. The zero-order valence-corrected chi connectivity index (χ0v) is 9.42. The van der Waals surface area contributed by atoms with Gasteiger partial charge in [0, 0.05) is 18.3 Å². The smallest absolute Gasteiger partial charge is 0.0453 e. The molecule has 0 aliphatic carbocycles. The van der Waals surface area contributed by atoms with Gasteiger partial charge in [0.25, 0.3) is 0 Å². The van der Waals surface area contributed by atoms with Gasteiger partial charge in [-0.1, -0.05) is 13.8 Å². The van der Waals surface area contributed by atoms with Crippen LogP contribution in [0.15, 0.2) is 4.99 Å². The highest BCUT2D eigenvalue weighted by Crippen LogP contribution is 2.22. The third kappa shape index (κ3) is 2.35. The monoisotopic (exact) mass is 194 g/mol. The lowest BCUT2D eigenvalue weighted by atomic mass is 9.86. The Labute approximate surface area is 87.2 Å². The predicted octanol–water partition coefficient (Wildman–Crippen LogP) is 2.25. The molecule has 1 saturated heterocycles. The first kappa shape index (κ1) is 10.2. The van der Waals surface area contributed by atoms with Gasteiger partial charge in [0.05, 0.1) is 0 Å². The van der Waals surface area contributed by atoms with Crippen LogP contribution in [0.5, 0.6) is 0 Å². The molecule has 0 radical (unpaired) electrons. The highest BCUT2D eigenvalue weighted by Gasteiger charge is 2.25. The Morgan fingerprint density at radius 3 is 2.79 bits per heavy atom. The van der Waals surface area contributed by atoms with Crippen LogP contribution < -0.4 is 5.32 Å². The molecule has 0 bridgehead atoms. The second-order valence-electron chi connectivity index (χ2n) is 5.11. The average Bonchev–Trinajstić information content (AvgIpc) is 2.18. The van der Waals surface area contributed by atoms with E-state index in [9.17, 15) is 0 Å². The predicted molar refractivity (Wildman–Crippen MR) is 60.9 cm³/mol. The van der Waals surface area contributed by atoms with Crippen LogP contribution in [0, 0.1) is 11.8 Å². The van der Waals surface area contributed by atoms with E-state index in [1.807, 2.05) is 0 Å². The van der Waals surface area contributed by atoms with Gasteiger partial charge < -0.3 is 5.32 Å². The van der Waals surface area contributed by atoms with E-state index in [1.165, 1.54) is 37.9 Å². The maximum Gasteiger partial charge on any atom is 0.0453 e. The third-order valence-electron chi connectivity index (χ3n) is 3.56. The summed E-state index contributed by atoms with van der Waals surface area (Å²) in [6, 6.07) is 0.599. The molecular formula is C12H22N2. The fourth-order valence-corrected chi connectivity index (χ4v) is 2.57. The fourth-order valence-electron chi connectivity index (χ4n) is 2.57. The van der Waals surface area contributed by atoms with Crippen molar-refractivity contribution in [2.45, 2.75) is 45.6 Å². The first-order chi connectivity index (χ1) is 6.75. The average molecular weight is 194 g/mol. The molecule has 0 spiro atoms. The van der Waals surface area contributed by atoms with E-state index in [0.29, 0.717) is 6.04 Å². The minimum Gasteiger partial charge on any atom is -0.309 e. The molecule has 2 aliphatic heterocycles. The number of aliphatic imine (C=N–C) groups is 1. The fraction of sp³-hybridized carbons (Fsp3) is 0.917. The number of piperidine rings is 1. The van der Waals surface area contributed by atoms with Crippen molar-refractivity contribution in [3.8, 4) is 0 Å². The van der Waals surface area contributed by atoms with Gasteiger partial charge in [-0.25, -0.2) is 0 Å².